The lowest BCUT2D eigenvalue weighted by molar-refractivity contribution is -0.0817. The lowest BCUT2D eigenvalue weighted by Crippen LogP contribution is -2.55. The number of nitrogens with zero attached hydrogens (tertiary/aromatic N) is 2. The molecule has 1 saturated carbocycles. The van der Waals surface area contributed by atoms with Crippen LogP contribution in [0, 0.1) is 17.2 Å². The highest BCUT2D eigenvalue weighted by atomic mass is 32.2. The molecule has 3 unspecified atom stereocenters. The highest BCUT2D eigenvalue weighted by Gasteiger charge is 2.46. The van der Waals surface area contributed by atoms with E-state index in [1.54, 1.807) is 6.07 Å². The van der Waals surface area contributed by atoms with E-state index in [1.807, 2.05) is 0 Å². The van der Waals surface area contributed by atoms with Gasteiger partial charge in [-0.1, -0.05) is 12.8 Å². The van der Waals surface area contributed by atoms with E-state index in [4.69, 9.17) is 5.26 Å². The van der Waals surface area contributed by atoms with Crippen LogP contribution in [0.1, 0.15) is 39.0 Å². The van der Waals surface area contributed by atoms with E-state index in [1.165, 1.54) is 11.2 Å². The first kappa shape index (κ1) is 13.8. The van der Waals surface area contributed by atoms with Gasteiger partial charge in [0.1, 0.15) is 0 Å². The van der Waals surface area contributed by atoms with Crippen LogP contribution in [0.5, 0.6) is 0 Å². The molecule has 2 rings (SSSR count). The highest BCUT2D eigenvalue weighted by molar-refractivity contribution is 7.89. The number of nitriles is 1. The maximum atomic E-state index is 12.1. The van der Waals surface area contributed by atoms with Crippen molar-refractivity contribution < 1.29 is 13.5 Å². The van der Waals surface area contributed by atoms with E-state index in [0.717, 1.165) is 25.7 Å². The molecule has 1 aliphatic heterocycles. The molecule has 1 saturated heterocycles. The molecule has 1 heterocycles. The summed E-state index contributed by atoms with van der Waals surface area (Å²) < 4.78 is 25.6. The van der Waals surface area contributed by atoms with E-state index >= 15 is 0 Å². The molecule has 0 amide bonds. The first-order chi connectivity index (χ1) is 8.40. The van der Waals surface area contributed by atoms with Crippen molar-refractivity contribution in [2.24, 2.45) is 5.92 Å². The van der Waals surface area contributed by atoms with Crippen molar-refractivity contribution in [3.63, 3.8) is 0 Å². The average molecular weight is 272 g/mol. The minimum absolute atomic E-state index is 0.0284. The highest BCUT2D eigenvalue weighted by Crippen LogP contribution is 2.40. The third kappa shape index (κ3) is 2.27. The van der Waals surface area contributed by atoms with E-state index in [-0.39, 0.29) is 5.92 Å². The Morgan fingerprint density at radius 1 is 1.44 bits per heavy atom. The average Bonchev–Trinajstić information content (AvgIpc) is 2.36. The fourth-order valence-electron chi connectivity index (χ4n) is 3.06. The zero-order chi connectivity index (χ0) is 13.4. The van der Waals surface area contributed by atoms with Crippen LogP contribution in [0.3, 0.4) is 0 Å². The third-order valence-corrected chi connectivity index (χ3v) is 6.43. The molecule has 0 bridgehead atoms. The third-order valence-electron chi connectivity index (χ3n) is 4.38. The Hall–Kier alpha value is -0.640. The van der Waals surface area contributed by atoms with Crippen LogP contribution in [0.4, 0.5) is 0 Å². The number of hydrogen-bond acceptors (Lipinski definition) is 4. The molecule has 0 radical (unpaired) electrons. The van der Waals surface area contributed by atoms with Crippen molar-refractivity contribution in [3.05, 3.63) is 0 Å². The molecule has 0 aromatic rings. The Bertz CT molecular complexity index is 456. The molecule has 6 heteroatoms. The second-order valence-corrected chi connectivity index (χ2v) is 7.72. The number of fused-ring (bicyclic) bond motifs is 1. The van der Waals surface area contributed by atoms with Gasteiger partial charge in [-0.25, -0.2) is 12.7 Å². The van der Waals surface area contributed by atoms with E-state index in [2.05, 4.69) is 0 Å². The van der Waals surface area contributed by atoms with Crippen LogP contribution in [-0.4, -0.2) is 41.8 Å². The van der Waals surface area contributed by atoms with Gasteiger partial charge in [0.05, 0.1) is 11.7 Å². The molecule has 1 N–H and O–H groups in total. The maximum absolute atomic E-state index is 12.1. The summed E-state index contributed by atoms with van der Waals surface area (Å²) in [7, 11) is -3.53. The number of piperidine rings is 1. The van der Waals surface area contributed by atoms with Gasteiger partial charge in [-0.05, 0) is 26.2 Å². The zero-order valence-corrected chi connectivity index (χ0v) is 11.5. The monoisotopic (exact) mass is 272 g/mol. The molecule has 3 atom stereocenters. The fraction of sp³-hybridized carbons (Fsp3) is 0.917. The summed E-state index contributed by atoms with van der Waals surface area (Å²) in [5, 5.41) is 18.3. The quantitative estimate of drug-likeness (QED) is 0.808. The van der Waals surface area contributed by atoms with Gasteiger partial charge >= 0.3 is 0 Å². The van der Waals surface area contributed by atoms with Gasteiger partial charge in [0, 0.05) is 19.0 Å². The summed E-state index contributed by atoms with van der Waals surface area (Å²) in [6.07, 6.45) is 4.22. The van der Waals surface area contributed by atoms with Crippen LogP contribution in [-0.2, 0) is 10.0 Å². The smallest absolute Gasteiger partial charge is 0.230 e. The van der Waals surface area contributed by atoms with Crippen LogP contribution in [0.15, 0.2) is 0 Å². The summed E-state index contributed by atoms with van der Waals surface area (Å²) in [6.45, 7) is 2.11. The van der Waals surface area contributed by atoms with Crippen molar-refractivity contribution in [1.82, 2.24) is 4.31 Å². The van der Waals surface area contributed by atoms with Crippen molar-refractivity contribution in [2.45, 2.75) is 49.9 Å². The molecule has 18 heavy (non-hydrogen) atoms. The van der Waals surface area contributed by atoms with Crippen LogP contribution in [0.2, 0.25) is 0 Å². The summed E-state index contributed by atoms with van der Waals surface area (Å²) in [5.41, 5.74) is -0.680. The summed E-state index contributed by atoms with van der Waals surface area (Å²) in [6, 6.07) is 1.79. The SMILES string of the molecule is CC(C#N)S(=O)(=O)N1CCC2(O)CCCCC2C1. The maximum Gasteiger partial charge on any atom is 0.230 e. The van der Waals surface area contributed by atoms with Crippen LogP contribution < -0.4 is 0 Å². The summed E-state index contributed by atoms with van der Waals surface area (Å²) >= 11 is 0. The Labute approximate surface area is 108 Å². The molecule has 0 spiro atoms. The number of sulfonamides is 1. The van der Waals surface area contributed by atoms with E-state index < -0.39 is 20.9 Å². The topological polar surface area (TPSA) is 81.4 Å². The van der Waals surface area contributed by atoms with Gasteiger partial charge in [-0.2, -0.15) is 5.26 Å². The second-order valence-electron chi connectivity index (χ2n) is 5.47. The zero-order valence-electron chi connectivity index (χ0n) is 10.7. The molecule has 0 aromatic heterocycles. The van der Waals surface area contributed by atoms with Gasteiger partial charge in [-0.3, -0.25) is 0 Å². The Morgan fingerprint density at radius 3 is 2.83 bits per heavy atom. The predicted octanol–water partition coefficient (Wildman–Crippen LogP) is 0.855. The molecule has 2 fully saturated rings. The number of rotatable bonds is 2. The molecule has 5 nitrogen and oxygen atoms in total. The number of aliphatic hydroxyl groups is 1. The van der Waals surface area contributed by atoms with Crippen molar-refractivity contribution in [1.29, 1.82) is 5.26 Å². The summed E-state index contributed by atoms with van der Waals surface area (Å²) in [4.78, 5) is 0. The Morgan fingerprint density at radius 2 is 2.17 bits per heavy atom. The molecular weight excluding hydrogens is 252 g/mol. The Kier molecular flexibility index (Phi) is 3.67. The van der Waals surface area contributed by atoms with Gasteiger partial charge in [0.25, 0.3) is 0 Å². The van der Waals surface area contributed by atoms with Gasteiger partial charge in [0.15, 0.2) is 5.25 Å². The molecule has 102 valence electrons. The fourth-order valence-corrected chi connectivity index (χ4v) is 4.38. The van der Waals surface area contributed by atoms with Crippen molar-refractivity contribution in [2.75, 3.05) is 13.1 Å². The second kappa shape index (κ2) is 4.80. The Balaban J connectivity index is 2.14. The van der Waals surface area contributed by atoms with E-state index in [9.17, 15) is 13.5 Å². The van der Waals surface area contributed by atoms with Gasteiger partial charge in [-0.15, -0.1) is 0 Å². The van der Waals surface area contributed by atoms with E-state index in [0.29, 0.717) is 19.5 Å². The van der Waals surface area contributed by atoms with Crippen molar-refractivity contribution in [3.8, 4) is 6.07 Å². The van der Waals surface area contributed by atoms with Crippen LogP contribution >= 0.6 is 0 Å². The predicted molar refractivity (Wildman–Crippen MR) is 67.1 cm³/mol. The van der Waals surface area contributed by atoms with Gasteiger partial charge in [0.2, 0.25) is 10.0 Å². The normalized spacial score (nSPS) is 35.5. The lowest BCUT2D eigenvalue weighted by atomic mass is 9.72. The lowest BCUT2D eigenvalue weighted by Gasteiger charge is -2.47. The minimum atomic E-state index is -3.53. The molecule has 2 aliphatic rings. The number of hydrogen-bond donors (Lipinski definition) is 1. The van der Waals surface area contributed by atoms with Crippen molar-refractivity contribution >= 4 is 10.0 Å². The molecular formula is C12H20N2O3S. The van der Waals surface area contributed by atoms with Crippen LogP contribution in [0.25, 0.3) is 0 Å². The minimum Gasteiger partial charge on any atom is -0.390 e. The summed E-state index contributed by atoms with van der Waals surface area (Å²) in [5.74, 6) is 0.0284. The first-order valence-electron chi connectivity index (χ1n) is 6.51. The molecule has 0 aromatic carbocycles. The largest absolute Gasteiger partial charge is 0.390 e. The first-order valence-corrected chi connectivity index (χ1v) is 8.01. The molecule has 1 aliphatic carbocycles. The van der Waals surface area contributed by atoms with Gasteiger partial charge < -0.3 is 5.11 Å². The standard InChI is InChI=1S/C12H20N2O3S/c1-10(8-13)18(16,17)14-7-6-12(15)5-3-2-4-11(12)9-14/h10-11,15H,2-7,9H2,1H3.